The highest BCUT2D eigenvalue weighted by molar-refractivity contribution is 5.90. The molecular weight excluding hydrogens is 346 g/mol. The molecule has 0 aliphatic rings. The average molecular weight is 364 g/mol. The predicted molar refractivity (Wildman–Crippen MR) is 89.0 cm³/mol. The summed E-state index contributed by atoms with van der Waals surface area (Å²) >= 11 is 0. The molecule has 0 radical (unpaired) electrons. The van der Waals surface area contributed by atoms with Gasteiger partial charge in [0.15, 0.2) is 6.61 Å². The molecule has 2 aromatic rings. The molecule has 2 rings (SSSR count). The van der Waals surface area contributed by atoms with Crippen molar-refractivity contribution in [1.29, 1.82) is 0 Å². The summed E-state index contributed by atoms with van der Waals surface area (Å²) < 4.78 is 33.3. The third-order valence-corrected chi connectivity index (χ3v) is 3.37. The van der Waals surface area contributed by atoms with Crippen molar-refractivity contribution >= 4 is 11.9 Å². The second-order valence-corrected chi connectivity index (χ2v) is 5.39. The Hall–Kier alpha value is -3.03. The molecule has 0 saturated carbocycles. The van der Waals surface area contributed by atoms with E-state index in [0.29, 0.717) is 13.0 Å². The van der Waals surface area contributed by atoms with E-state index in [4.69, 9.17) is 4.74 Å². The van der Waals surface area contributed by atoms with Crippen molar-refractivity contribution in [2.75, 3.05) is 13.2 Å². The van der Waals surface area contributed by atoms with Gasteiger partial charge in [-0.15, -0.1) is 0 Å². The normalized spacial score (nSPS) is 10.5. The number of hydrogen-bond donors (Lipinski definition) is 1. The number of pyridine rings is 1. The summed E-state index contributed by atoms with van der Waals surface area (Å²) in [4.78, 5) is 27.4. The first kappa shape index (κ1) is 19.3. The number of rotatable bonds is 8. The molecule has 0 aliphatic heterocycles. The Kier molecular flexibility index (Phi) is 7.02. The van der Waals surface area contributed by atoms with E-state index in [9.17, 15) is 18.4 Å². The fraction of sp³-hybridized carbons (Fsp3) is 0.278. The van der Waals surface area contributed by atoms with Crippen LogP contribution in [0.3, 0.4) is 0 Å². The molecule has 1 aromatic carbocycles. The van der Waals surface area contributed by atoms with Crippen LogP contribution in [0.25, 0.3) is 0 Å². The van der Waals surface area contributed by atoms with Gasteiger partial charge in [0.05, 0.1) is 5.56 Å². The van der Waals surface area contributed by atoms with Crippen molar-refractivity contribution in [2.45, 2.75) is 20.0 Å². The summed E-state index contributed by atoms with van der Waals surface area (Å²) in [5, 5.41) is 2.61. The van der Waals surface area contributed by atoms with Crippen LogP contribution >= 0.6 is 0 Å². The number of carbonyl (C=O) groups is 2. The average Bonchev–Trinajstić information content (AvgIpc) is 2.61. The van der Waals surface area contributed by atoms with Crippen LogP contribution in [0.1, 0.15) is 21.6 Å². The molecule has 0 fully saturated rings. The van der Waals surface area contributed by atoms with Crippen molar-refractivity contribution in [2.24, 2.45) is 0 Å². The van der Waals surface area contributed by atoms with Crippen molar-refractivity contribution in [3.8, 4) is 5.75 Å². The van der Waals surface area contributed by atoms with Crippen LogP contribution in [-0.2, 0) is 16.0 Å². The van der Waals surface area contributed by atoms with Gasteiger partial charge in [-0.3, -0.25) is 9.78 Å². The number of alkyl halides is 2. The van der Waals surface area contributed by atoms with E-state index in [1.807, 2.05) is 0 Å². The van der Waals surface area contributed by atoms with Gasteiger partial charge in [-0.1, -0.05) is 12.1 Å². The van der Waals surface area contributed by atoms with Crippen LogP contribution in [0.2, 0.25) is 0 Å². The number of nitrogens with one attached hydrogen (secondary N) is 1. The maximum absolute atomic E-state index is 12.1. The molecule has 1 N–H and O–H groups in total. The molecule has 26 heavy (non-hydrogen) atoms. The van der Waals surface area contributed by atoms with Crippen LogP contribution in [-0.4, -0.2) is 36.6 Å². The molecule has 138 valence electrons. The number of hydrogen-bond acceptors (Lipinski definition) is 5. The minimum absolute atomic E-state index is 0.0743. The zero-order chi connectivity index (χ0) is 18.9. The van der Waals surface area contributed by atoms with Gasteiger partial charge in [0, 0.05) is 18.4 Å². The lowest BCUT2D eigenvalue weighted by Gasteiger charge is -2.08. The summed E-state index contributed by atoms with van der Waals surface area (Å²) in [6.07, 6.45) is 1.88. The molecular formula is C18H18F2N2O4. The van der Waals surface area contributed by atoms with Gasteiger partial charge in [-0.2, -0.15) is 8.78 Å². The highest BCUT2D eigenvalue weighted by Crippen LogP contribution is 2.14. The van der Waals surface area contributed by atoms with Crippen LogP contribution < -0.4 is 10.1 Å². The van der Waals surface area contributed by atoms with Crippen LogP contribution in [0.15, 0.2) is 42.6 Å². The highest BCUT2D eigenvalue weighted by atomic mass is 19.3. The summed E-state index contributed by atoms with van der Waals surface area (Å²) in [7, 11) is 0. The fourth-order valence-corrected chi connectivity index (χ4v) is 2.04. The van der Waals surface area contributed by atoms with Gasteiger partial charge in [-0.05, 0) is 43.2 Å². The lowest BCUT2D eigenvalue weighted by atomic mass is 10.1. The molecule has 0 spiro atoms. The second kappa shape index (κ2) is 9.45. The largest absolute Gasteiger partial charge is 0.452 e. The Bertz CT molecular complexity index is 734. The van der Waals surface area contributed by atoms with Crippen LogP contribution in [0, 0.1) is 6.92 Å². The van der Waals surface area contributed by atoms with Gasteiger partial charge in [0.1, 0.15) is 5.75 Å². The number of benzene rings is 1. The lowest BCUT2D eigenvalue weighted by Crippen LogP contribution is -2.30. The van der Waals surface area contributed by atoms with E-state index in [2.05, 4.69) is 15.0 Å². The van der Waals surface area contributed by atoms with Crippen molar-refractivity contribution in [3.63, 3.8) is 0 Å². The number of nitrogens with zero attached hydrogens (tertiary/aromatic N) is 1. The Morgan fingerprint density at radius 3 is 2.50 bits per heavy atom. The maximum Gasteiger partial charge on any atom is 0.387 e. The van der Waals surface area contributed by atoms with Crippen molar-refractivity contribution in [3.05, 3.63) is 59.4 Å². The van der Waals surface area contributed by atoms with Gasteiger partial charge in [-0.25, -0.2) is 4.79 Å². The standard InChI is InChI=1S/C18H18F2N2O4/c1-12-2-5-14(10-22-12)17(24)25-11-16(23)21-9-8-13-3-6-15(7-4-13)26-18(19)20/h2-7,10,18H,8-9,11H2,1H3,(H,21,23). The molecule has 1 aromatic heterocycles. The number of esters is 1. The SMILES string of the molecule is Cc1ccc(C(=O)OCC(=O)NCCc2ccc(OC(F)F)cc2)cn1. The monoisotopic (exact) mass is 364 g/mol. The Morgan fingerprint density at radius 2 is 1.88 bits per heavy atom. The van der Waals surface area contributed by atoms with E-state index in [0.717, 1.165) is 11.3 Å². The molecule has 0 aliphatic carbocycles. The molecule has 0 atom stereocenters. The van der Waals surface area contributed by atoms with Gasteiger partial charge >= 0.3 is 12.6 Å². The number of halogens is 2. The fourth-order valence-electron chi connectivity index (χ4n) is 2.04. The Balaban J connectivity index is 1.68. The van der Waals surface area contributed by atoms with E-state index >= 15 is 0 Å². The molecule has 0 unspecified atom stereocenters. The first-order valence-electron chi connectivity index (χ1n) is 7.84. The molecule has 1 amide bonds. The van der Waals surface area contributed by atoms with E-state index in [-0.39, 0.29) is 11.3 Å². The summed E-state index contributed by atoms with van der Waals surface area (Å²) in [5.74, 6) is -0.983. The summed E-state index contributed by atoms with van der Waals surface area (Å²) in [6.45, 7) is -1.15. The predicted octanol–water partition coefficient (Wildman–Crippen LogP) is 2.51. The van der Waals surface area contributed by atoms with E-state index < -0.39 is 25.1 Å². The second-order valence-electron chi connectivity index (χ2n) is 5.39. The molecule has 6 nitrogen and oxygen atoms in total. The van der Waals surface area contributed by atoms with E-state index in [1.54, 1.807) is 31.2 Å². The van der Waals surface area contributed by atoms with Gasteiger partial charge < -0.3 is 14.8 Å². The number of carbonyl (C=O) groups excluding carboxylic acids is 2. The zero-order valence-electron chi connectivity index (χ0n) is 14.1. The Labute approximate surface area is 149 Å². The van der Waals surface area contributed by atoms with Gasteiger partial charge in [0.25, 0.3) is 5.91 Å². The summed E-state index contributed by atoms with van der Waals surface area (Å²) in [5.41, 5.74) is 1.89. The van der Waals surface area contributed by atoms with Crippen LogP contribution in [0.4, 0.5) is 8.78 Å². The van der Waals surface area contributed by atoms with Gasteiger partial charge in [0.2, 0.25) is 0 Å². The van der Waals surface area contributed by atoms with Crippen LogP contribution in [0.5, 0.6) is 5.75 Å². The number of aromatic nitrogens is 1. The quantitative estimate of drug-likeness (QED) is 0.729. The highest BCUT2D eigenvalue weighted by Gasteiger charge is 2.10. The maximum atomic E-state index is 12.1. The molecule has 1 heterocycles. The summed E-state index contributed by atoms with van der Waals surface area (Å²) in [6, 6.07) is 9.38. The first-order chi connectivity index (χ1) is 12.4. The molecule has 0 bridgehead atoms. The number of ether oxygens (including phenoxy) is 2. The molecule has 0 saturated heterocycles. The third kappa shape index (κ3) is 6.46. The van der Waals surface area contributed by atoms with Crippen molar-refractivity contribution < 1.29 is 27.8 Å². The lowest BCUT2D eigenvalue weighted by molar-refractivity contribution is -0.124. The minimum Gasteiger partial charge on any atom is -0.452 e. The Morgan fingerprint density at radius 1 is 1.15 bits per heavy atom. The number of amides is 1. The first-order valence-corrected chi connectivity index (χ1v) is 7.84. The van der Waals surface area contributed by atoms with E-state index in [1.165, 1.54) is 18.3 Å². The third-order valence-electron chi connectivity index (χ3n) is 3.37. The minimum atomic E-state index is -2.86. The number of aryl methyl sites for hydroxylation is 1. The topological polar surface area (TPSA) is 77.5 Å². The smallest absolute Gasteiger partial charge is 0.387 e. The zero-order valence-corrected chi connectivity index (χ0v) is 14.1. The van der Waals surface area contributed by atoms with Crippen molar-refractivity contribution in [1.82, 2.24) is 10.3 Å². The molecule has 8 heteroatoms.